The third kappa shape index (κ3) is 8.88. The Balaban J connectivity index is 1.76. The summed E-state index contributed by atoms with van der Waals surface area (Å²) in [4.78, 5) is 12.1. The first-order chi connectivity index (χ1) is 17.2. The maximum Gasteiger partial charge on any atom is 0.305 e. The van der Waals surface area contributed by atoms with E-state index in [1.807, 2.05) is 0 Å². The highest BCUT2D eigenvalue weighted by atomic mass is 16.8. The standard InChI is InChI=1S/C24H40O12/c1-2-3-4-5-6-7-8-9-10-11-16(26)33-13-15-18(28)20(30)22(32)24(35-15)36-23-21(31)19(29)17(27)14(12-25)34-23/h1,14-15,17-25,27-32H,3-13H2. The summed E-state index contributed by atoms with van der Waals surface area (Å²) in [6, 6.07) is 0. The molecule has 2 rings (SSSR count). The fourth-order valence-corrected chi connectivity index (χ4v) is 4.11. The Morgan fingerprint density at radius 3 is 1.78 bits per heavy atom. The van der Waals surface area contributed by atoms with Crippen LogP contribution in [-0.4, -0.2) is 116 Å². The molecule has 0 aliphatic carbocycles. The number of carbonyl (C=O) groups excluding carboxylic acids is 1. The van der Waals surface area contributed by atoms with Gasteiger partial charge in [0.2, 0.25) is 0 Å². The summed E-state index contributed by atoms with van der Waals surface area (Å²) in [5, 5.41) is 69.8. The van der Waals surface area contributed by atoms with E-state index in [1.54, 1.807) is 0 Å². The molecule has 0 aromatic carbocycles. The van der Waals surface area contributed by atoms with Crippen LogP contribution in [0.2, 0.25) is 0 Å². The highest BCUT2D eigenvalue weighted by molar-refractivity contribution is 5.69. The van der Waals surface area contributed by atoms with E-state index >= 15 is 0 Å². The van der Waals surface area contributed by atoms with E-state index in [2.05, 4.69) is 5.92 Å². The Bertz CT molecular complexity index is 682. The number of terminal acetylenes is 1. The minimum atomic E-state index is -1.77. The summed E-state index contributed by atoms with van der Waals surface area (Å²) in [5.41, 5.74) is 0. The van der Waals surface area contributed by atoms with Crippen LogP contribution in [0.25, 0.3) is 0 Å². The highest BCUT2D eigenvalue weighted by Gasteiger charge is 2.49. The number of esters is 1. The number of aliphatic hydroxyl groups is 7. The topological polar surface area (TPSA) is 196 Å². The van der Waals surface area contributed by atoms with Gasteiger partial charge < -0.3 is 54.7 Å². The normalized spacial score (nSPS) is 36.8. The summed E-state index contributed by atoms with van der Waals surface area (Å²) in [6.45, 7) is -1.11. The van der Waals surface area contributed by atoms with Crippen LogP contribution in [0.3, 0.4) is 0 Å². The summed E-state index contributed by atoms with van der Waals surface area (Å²) < 4.78 is 21.2. The number of ether oxygens (including phenoxy) is 4. The molecule has 0 aromatic heterocycles. The van der Waals surface area contributed by atoms with E-state index in [4.69, 9.17) is 25.4 Å². The van der Waals surface area contributed by atoms with Gasteiger partial charge in [0.15, 0.2) is 12.6 Å². The molecule has 12 heteroatoms. The molecule has 2 heterocycles. The van der Waals surface area contributed by atoms with Crippen LogP contribution in [-0.2, 0) is 23.7 Å². The summed E-state index contributed by atoms with van der Waals surface area (Å²) >= 11 is 0. The molecule has 7 N–H and O–H groups in total. The second kappa shape index (κ2) is 15.8. The number of hydrogen-bond acceptors (Lipinski definition) is 12. The fourth-order valence-electron chi connectivity index (χ4n) is 4.11. The second-order valence-electron chi connectivity index (χ2n) is 9.21. The quantitative estimate of drug-likeness (QED) is 0.0780. The van der Waals surface area contributed by atoms with Crippen LogP contribution in [0.15, 0.2) is 0 Å². The van der Waals surface area contributed by atoms with E-state index in [9.17, 15) is 40.5 Å². The maximum atomic E-state index is 12.1. The number of unbranched alkanes of at least 4 members (excludes halogenated alkanes) is 7. The smallest absolute Gasteiger partial charge is 0.305 e. The van der Waals surface area contributed by atoms with Gasteiger partial charge in [-0.25, -0.2) is 0 Å². The van der Waals surface area contributed by atoms with E-state index < -0.39 is 80.6 Å². The molecule has 0 bridgehead atoms. The Morgan fingerprint density at radius 2 is 1.22 bits per heavy atom. The van der Waals surface area contributed by atoms with Crippen molar-refractivity contribution in [2.24, 2.45) is 0 Å². The van der Waals surface area contributed by atoms with Gasteiger partial charge in [0.05, 0.1) is 6.61 Å². The minimum Gasteiger partial charge on any atom is -0.463 e. The molecule has 0 saturated carbocycles. The third-order valence-electron chi connectivity index (χ3n) is 6.40. The van der Waals surface area contributed by atoms with Crippen LogP contribution in [0.4, 0.5) is 0 Å². The molecule has 0 amide bonds. The van der Waals surface area contributed by atoms with Crippen LogP contribution in [0.1, 0.15) is 57.8 Å². The minimum absolute atomic E-state index is 0.176. The maximum absolute atomic E-state index is 12.1. The zero-order chi connectivity index (χ0) is 26.7. The lowest BCUT2D eigenvalue weighted by Gasteiger charge is -2.44. The molecule has 2 aliphatic heterocycles. The molecule has 10 unspecified atom stereocenters. The molecule has 12 nitrogen and oxygen atoms in total. The Labute approximate surface area is 210 Å². The van der Waals surface area contributed by atoms with Gasteiger partial charge in [-0.2, -0.15) is 0 Å². The monoisotopic (exact) mass is 520 g/mol. The average molecular weight is 521 g/mol. The highest BCUT2D eigenvalue weighted by Crippen LogP contribution is 2.28. The first-order valence-corrected chi connectivity index (χ1v) is 12.5. The lowest BCUT2D eigenvalue weighted by atomic mass is 9.98. The first-order valence-electron chi connectivity index (χ1n) is 12.5. The van der Waals surface area contributed by atoms with Gasteiger partial charge in [0, 0.05) is 12.8 Å². The predicted molar refractivity (Wildman–Crippen MR) is 123 cm³/mol. The van der Waals surface area contributed by atoms with Gasteiger partial charge in [-0.1, -0.05) is 32.1 Å². The van der Waals surface area contributed by atoms with Crippen molar-refractivity contribution >= 4 is 5.97 Å². The van der Waals surface area contributed by atoms with Crippen molar-refractivity contribution in [1.82, 2.24) is 0 Å². The molecule has 2 saturated heterocycles. The zero-order valence-electron chi connectivity index (χ0n) is 20.3. The van der Waals surface area contributed by atoms with Crippen LogP contribution in [0, 0.1) is 12.3 Å². The number of carbonyl (C=O) groups is 1. The lowest BCUT2D eigenvalue weighted by molar-refractivity contribution is -0.376. The largest absolute Gasteiger partial charge is 0.463 e. The summed E-state index contributed by atoms with van der Waals surface area (Å²) in [6.07, 6.45) is -3.02. The van der Waals surface area contributed by atoms with E-state index in [0.29, 0.717) is 6.42 Å². The zero-order valence-corrected chi connectivity index (χ0v) is 20.3. The Hall–Kier alpha value is -1.37. The molecular formula is C24H40O12. The number of hydrogen-bond donors (Lipinski definition) is 7. The summed E-state index contributed by atoms with van der Waals surface area (Å²) in [7, 11) is 0. The van der Waals surface area contributed by atoms with E-state index in [0.717, 1.165) is 44.9 Å². The van der Waals surface area contributed by atoms with Crippen molar-refractivity contribution < 1.29 is 59.5 Å². The molecule has 208 valence electrons. The molecule has 36 heavy (non-hydrogen) atoms. The number of rotatable bonds is 14. The Morgan fingerprint density at radius 1 is 0.722 bits per heavy atom. The Kier molecular flexibility index (Phi) is 13.5. The summed E-state index contributed by atoms with van der Waals surface area (Å²) in [5.74, 6) is 2.11. The van der Waals surface area contributed by atoms with Crippen LogP contribution in [0.5, 0.6) is 0 Å². The van der Waals surface area contributed by atoms with Crippen molar-refractivity contribution in [2.75, 3.05) is 13.2 Å². The molecular weight excluding hydrogens is 480 g/mol. The lowest BCUT2D eigenvalue weighted by Crippen LogP contribution is -2.63. The van der Waals surface area contributed by atoms with Crippen LogP contribution < -0.4 is 0 Å². The molecule has 2 aliphatic rings. The van der Waals surface area contributed by atoms with Gasteiger partial charge in [-0.15, -0.1) is 12.3 Å². The number of aliphatic hydroxyl groups excluding tert-OH is 7. The molecule has 2 fully saturated rings. The van der Waals surface area contributed by atoms with Crippen molar-refractivity contribution in [3.63, 3.8) is 0 Å². The van der Waals surface area contributed by atoms with Gasteiger partial charge in [0.1, 0.15) is 55.4 Å². The SMILES string of the molecule is C#CCCCCCCCCCC(=O)OCC1OC(OC2OC(CO)C(O)C(O)C2O)C(O)C(O)C1O. The molecule has 10 atom stereocenters. The average Bonchev–Trinajstić information content (AvgIpc) is 2.87. The van der Waals surface area contributed by atoms with Crippen molar-refractivity contribution in [3.8, 4) is 12.3 Å². The predicted octanol–water partition coefficient (Wildman–Crippen LogP) is -1.70. The van der Waals surface area contributed by atoms with Crippen molar-refractivity contribution in [2.45, 2.75) is 119 Å². The molecule has 0 aromatic rings. The third-order valence-corrected chi connectivity index (χ3v) is 6.40. The van der Waals surface area contributed by atoms with Crippen molar-refractivity contribution in [3.05, 3.63) is 0 Å². The first kappa shape index (κ1) is 30.9. The van der Waals surface area contributed by atoms with Gasteiger partial charge in [-0.05, 0) is 12.8 Å². The van der Waals surface area contributed by atoms with E-state index in [1.165, 1.54) is 0 Å². The molecule has 0 radical (unpaired) electrons. The van der Waals surface area contributed by atoms with Gasteiger partial charge >= 0.3 is 5.97 Å². The van der Waals surface area contributed by atoms with E-state index in [-0.39, 0.29) is 6.42 Å². The molecule has 0 spiro atoms. The fraction of sp³-hybridized carbons (Fsp3) is 0.875. The van der Waals surface area contributed by atoms with Gasteiger partial charge in [0.25, 0.3) is 0 Å². The second-order valence-corrected chi connectivity index (χ2v) is 9.21. The van der Waals surface area contributed by atoms with Gasteiger partial charge in [-0.3, -0.25) is 4.79 Å². The van der Waals surface area contributed by atoms with Crippen molar-refractivity contribution in [1.29, 1.82) is 0 Å². The van der Waals surface area contributed by atoms with Crippen LogP contribution >= 0.6 is 0 Å².